The molecule has 2 aromatic carbocycles. The number of rotatable bonds is 5. The minimum atomic E-state index is -1.03. The minimum absolute atomic E-state index is 0.124. The van der Waals surface area contributed by atoms with Crippen molar-refractivity contribution in [2.45, 2.75) is 10.9 Å². The van der Waals surface area contributed by atoms with E-state index in [1.165, 1.54) is 17.8 Å². The number of phenols is 1. The third-order valence-electron chi connectivity index (χ3n) is 3.11. The molecule has 0 aliphatic rings. The Balaban J connectivity index is 2.30. The van der Waals surface area contributed by atoms with Gasteiger partial charge in [-0.05, 0) is 48.2 Å². The number of benzene rings is 2. The molecule has 112 valence electrons. The van der Waals surface area contributed by atoms with Gasteiger partial charge in [0.15, 0.2) is 6.04 Å². The number of anilines is 1. The molecule has 2 rings (SSSR count). The van der Waals surface area contributed by atoms with Crippen LogP contribution in [0.4, 0.5) is 5.69 Å². The summed E-state index contributed by atoms with van der Waals surface area (Å²) in [6.45, 7) is 0. The van der Waals surface area contributed by atoms with E-state index in [1.807, 2.05) is 12.3 Å². The molecule has 3 N–H and O–H groups in total. The van der Waals surface area contributed by atoms with E-state index < -0.39 is 12.0 Å². The number of nitrogens with zero attached hydrogens (tertiary/aromatic N) is 1. The van der Waals surface area contributed by atoms with Crippen LogP contribution < -0.4 is 5.32 Å². The zero-order valence-electron chi connectivity index (χ0n) is 11.8. The molecule has 0 heterocycles. The van der Waals surface area contributed by atoms with Gasteiger partial charge in [-0.15, -0.1) is 11.8 Å². The third-order valence-corrected chi connectivity index (χ3v) is 3.88. The third kappa shape index (κ3) is 3.51. The largest absolute Gasteiger partial charge is 0.507 e. The summed E-state index contributed by atoms with van der Waals surface area (Å²) >= 11 is 1.34. The van der Waals surface area contributed by atoms with Crippen molar-refractivity contribution in [3.8, 4) is 11.8 Å². The van der Waals surface area contributed by atoms with Gasteiger partial charge in [0.2, 0.25) is 0 Å². The van der Waals surface area contributed by atoms with Crippen LogP contribution in [0.5, 0.6) is 5.75 Å². The molecule has 0 fully saturated rings. The average Bonchev–Trinajstić information content (AvgIpc) is 2.53. The molecule has 1 unspecified atom stereocenters. The van der Waals surface area contributed by atoms with Gasteiger partial charge in [-0.2, -0.15) is 5.26 Å². The Morgan fingerprint density at radius 3 is 2.50 bits per heavy atom. The lowest BCUT2D eigenvalue weighted by Gasteiger charge is -2.17. The van der Waals surface area contributed by atoms with Crippen LogP contribution in [0.3, 0.4) is 0 Å². The van der Waals surface area contributed by atoms with Gasteiger partial charge in [0.1, 0.15) is 5.75 Å². The van der Waals surface area contributed by atoms with Gasteiger partial charge in [0.25, 0.3) is 0 Å². The van der Waals surface area contributed by atoms with Gasteiger partial charge in [-0.25, -0.2) is 4.79 Å². The molecule has 6 heteroatoms. The Bertz CT molecular complexity index is 723. The number of hydrogen-bond acceptors (Lipinski definition) is 5. The molecule has 2 aromatic rings. The predicted octanol–water partition coefficient (Wildman–Crippen LogP) is 3.22. The average molecular weight is 314 g/mol. The van der Waals surface area contributed by atoms with Crippen molar-refractivity contribution >= 4 is 23.4 Å². The summed E-state index contributed by atoms with van der Waals surface area (Å²) in [6, 6.07) is 12.3. The molecule has 0 aromatic heterocycles. The van der Waals surface area contributed by atoms with Crippen LogP contribution in [0.2, 0.25) is 0 Å². The van der Waals surface area contributed by atoms with Gasteiger partial charge in [-0.3, -0.25) is 0 Å². The van der Waals surface area contributed by atoms with Gasteiger partial charge < -0.3 is 15.5 Å². The van der Waals surface area contributed by atoms with Crippen LogP contribution >= 0.6 is 11.8 Å². The summed E-state index contributed by atoms with van der Waals surface area (Å²) in [7, 11) is 0. The van der Waals surface area contributed by atoms with Crippen LogP contribution in [0.25, 0.3) is 0 Å². The van der Waals surface area contributed by atoms with E-state index >= 15 is 0 Å². The second-order valence-electron chi connectivity index (χ2n) is 4.54. The number of thioether (sulfide) groups is 1. The lowest BCUT2D eigenvalue weighted by atomic mass is 10.1. The smallest absolute Gasteiger partial charge is 0.330 e. The monoisotopic (exact) mass is 314 g/mol. The predicted molar refractivity (Wildman–Crippen MR) is 85.0 cm³/mol. The van der Waals surface area contributed by atoms with Crippen LogP contribution in [-0.4, -0.2) is 22.4 Å². The van der Waals surface area contributed by atoms with Crippen molar-refractivity contribution in [3.05, 3.63) is 53.6 Å². The standard InChI is InChI=1S/C16H14N2O3S/c1-22-14-8-11(4-7-13(14)19)15(16(20)21)18-12-5-2-10(9-17)3-6-12/h2-8,15,18-19H,1H3,(H,20,21). The van der Waals surface area contributed by atoms with Crippen molar-refractivity contribution in [1.82, 2.24) is 0 Å². The molecule has 0 aliphatic heterocycles. The van der Waals surface area contributed by atoms with Crippen LogP contribution in [0.15, 0.2) is 47.4 Å². The SMILES string of the molecule is CSc1cc(C(Nc2ccc(C#N)cc2)C(=O)O)ccc1O. The van der Waals surface area contributed by atoms with E-state index in [0.717, 1.165) is 0 Å². The molecule has 0 saturated carbocycles. The Labute approximate surface area is 132 Å². The second kappa shape index (κ2) is 6.87. The zero-order valence-corrected chi connectivity index (χ0v) is 12.6. The molecule has 22 heavy (non-hydrogen) atoms. The highest BCUT2D eigenvalue weighted by molar-refractivity contribution is 7.98. The maximum atomic E-state index is 11.5. The number of carboxylic acid groups (broad SMARTS) is 1. The molecule has 0 amide bonds. The highest BCUT2D eigenvalue weighted by atomic mass is 32.2. The number of aliphatic carboxylic acids is 1. The topological polar surface area (TPSA) is 93.4 Å². The van der Waals surface area contributed by atoms with Crippen molar-refractivity contribution in [2.24, 2.45) is 0 Å². The molecule has 1 atom stereocenters. The van der Waals surface area contributed by atoms with E-state index in [4.69, 9.17) is 5.26 Å². The fourth-order valence-corrected chi connectivity index (χ4v) is 2.50. The molecule has 0 radical (unpaired) electrons. The first kappa shape index (κ1) is 15.7. The van der Waals surface area contributed by atoms with E-state index in [1.54, 1.807) is 36.4 Å². The number of nitriles is 1. The zero-order chi connectivity index (χ0) is 16.1. The van der Waals surface area contributed by atoms with Gasteiger partial charge in [0.05, 0.1) is 11.6 Å². The van der Waals surface area contributed by atoms with E-state index in [-0.39, 0.29) is 5.75 Å². The van der Waals surface area contributed by atoms with Gasteiger partial charge in [-0.1, -0.05) is 6.07 Å². The van der Waals surface area contributed by atoms with Gasteiger partial charge in [0, 0.05) is 10.6 Å². The van der Waals surface area contributed by atoms with Crippen molar-refractivity contribution in [3.63, 3.8) is 0 Å². The van der Waals surface area contributed by atoms with Crippen molar-refractivity contribution < 1.29 is 15.0 Å². The van der Waals surface area contributed by atoms with Gasteiger partial charge >= 0.3 is 5.97 Å². The molecule has 0 saturated heterocycles. The number of carboxylic acids is 1. The van der Waals surface area contributed by atoms with Crippen molar-refractivity contribution in [1.29, 1.82) is 5.26 Å². The quantitative estimate of drug-likeness (QED) is 0.734. The Morgan fingerprint density at radius 2 is 1.95 bits per heavy atom. The van der Waals surface area contributed by atoms with E-state index in [9.17, 15) is 15.0 Å². The summed E-state index contributed by atoms with van der Waals surface area (Å²) in [5.41, 5.74) is 1.65. The number of phenolic OH excluding ortho intramolecular Hbond substituents is 1. The summed E-state index contributed by atoms with van der Waals surface area (Å²) in [6.07, 6.45) is 1.81. The van der Waals surface area contributed by atoms with E-state index in [2.05, 4.69) is 5.32 Å². The lowest BCUT2D eigenvalue weighted by molar-refractivity contribution is -0.138. The minimum Gasteiger partial charge on any atom is -0.507 e. The van der Waals surface area contributed by atoms with Crippen LogP contribution in [-0.2, 0) is 4.79 Å². The molecule has 5 nitrogen and oxygen atoms in total. The first-order valence-electron chi connectivity index (χ1n) is 6.41. The Morgan fingerprint density at radius 1 is 1.27 bits per heavy atom. The number of nitrogens with one attached hydrogen (secondary N) is 1. The van der Waals surface area contributed by atoms with E-state index in [0.29, 0.717) is 21.7 Å². The van der Waals surface area contributed by atoms with Crippen LogP contribution in [0, 0.1) is 11.3 Å². The summed E-state index contributed by atoms with van der Waals surface area (Å²) in [5.74, 6) is -0.902. The number of aromatic hydroxyl groups is 1. The normalized spacial score (nSPS) is 11.5. The summed E-state index contributed by atoms with van der Waals surface area (Å²) in [4.78, 5) is 12.1. The first-order chi connectivity index (χ1) is 10.5. The highest BCUT2D eigenvalue weighted by Gasteiger charge is 2.20. The molecular weight excluding hydrogens is 300 g/mol. The first-order valence-corrected chi connectivity index (χ1v) is 7.64. The molecule has 0 bridgehead atoms. The Kier molecular flexibility index (Phi) is 4.92. The maximum absolute atomic E-state index is 11.5. The summed E-state index contributed by atoms with van der Waals surface area (Å²) < 4.78 is 0. The summed E-state index contributed by atoms with van der Waals surface area (Å²) in [5, 5.41) is 30.8. The molecular formula is C16H14N2O3S. The molecule has 0 aliphatic carbocycles. The second-order valence-corrected chi connectivity index (χ2v) is 5.38. The number of hydrogen-bond donors (Lipinski definition) is 3. The Hall–Kier alpha value is -2.65. The van der Waals surface area contributed by atoms with Crippen molar-refractivity contribution in [2.75, 3.05) is 11.6 Å². The fraction of sp³-hybridized carbons (Fsp3) is 0.125. The number of carbonyl (C=O) groups is 1. The van der Waals surface area contributed by atoms with Crippen LogP contribution in [0.1, 0.15) is 17.2 Å². The molecule has 0 spiro atoms. The highest BCUT2D eigenvalue weighted by Crippen LogP contribution is 2.30. The lowest BCUT2D eigenvalue weighted by Crippen LogP contribution is -2.20. The fourth-order valence-electron chi connectivity index (χ4n) is 1.97. The maximum Gasteiger partial charge on any atom is 0.330 e.